The summed E-state index contributed by atoms with van der Waals surface area (Å²) < 4.78 is 5.23. The maximum atomic E-state index is 5.23. The van der Waals surface area contributed by atoms with Gasteiger partial charge in [-0.3, -0.25) is 0 Å². The Morgan fingerprint density at radius 2 is 2.20 bits per heavy atom. The molecular formula is C13H17BO. The van der Waals surface area contributed by atoms with Crippen LogP contribution in [0.15, 0.2) is 41.9 Å². The Morgan fingerprint density at radius 1 is 1.47 bits per heavy atom. The monoisotopic (exact) mass is 200 g/mol. The molecule has 0 heterocycles. The van der Waals surface area contributed by atoms with E-state index in [9.17, 15) is 0 Å². The van der Waals surface area contributed by atoms with Gasteiger partial charge < -0.3 is 0 Å². The van der Waals surface area contributed by atoms with Crippen molar-refractivity contribution in [3.05, 3.63) is 41.9 Å². The van der Waals surface area contributed by atoms with Crippen molar-refractivity contribution in [3.8, 4) is 5.80 Å². The Morgan fingerprint density at radius 3 is 2.80 bits per heavy atom. The molecule has 0 amide bonds. The molecule has 0 aliphatic heterocycles. The molecule has 0 bridgehead atoms. The van der Waals surface area contributed by atoms with Crippen LogP contribution >= 0.6 is 0 Å². The number of ether oxygens (including phenoxy) is 1. The van der Waals surface area contributed by atoms with Crippen LogP contribution in [-0.2, 0) is 4.74 Å². The van der Waals surface area contributed by atoms with Gasteiger partial charge >= 0.3 is 93.0 Å². The molecule has 0 rings (SSSR count). The summed E-state index contributed by atoms with van der Waals surface area (Å²) in [5, 5.41) is 0. The first-order valence-corrected chi connectivity index (χ1v) is 5.05. The minimum absolute atomic E-state index is 0.511. The van der Waals surface area contributed by atoms with E-state index >= 15 is 0 Å². The van der Waals surface area contributed by atoms with Crippen molar-refractivity contribution in [2.24, 2.45) is 0 Å². The van der Waals surface area contributed by atoms with Crippen LogP contribution in [0, 0.1) is 5.80 Å². The molecule has 0 radical (unpaired) electrons. The predicted octanol–water partition coefficient (Wildman–Crippen LogP) is 3.10. The van der Waals surface area contributed by atoms with Crippen LogP contribution in [0.5, 0.6) is 0 Å². The zero-order valence-electron chi connectivity index (χ0n) is 9.55. The Hall–Kier alpha value is -1.36. The molecule has 2 heteroatoms. The summed E-state index contributed by atoms with van der Waals surface area (Å²) in [6.07, 6.45) is 7.38. The van der Waals surface area contributed by atoms with Gasteiger partial charge in [-0.1, -0.05) is 0 Å². The number of allylic oxidation sites excluding steroid dienone is 3. The fraction of sp³-hybridized carbons (Fsp3) is 0.385. The molecule has 0 aromatic heterocycles. The Balaban J connectivity index is 4.01. The van der Waals surface area contributed by atoms with Gasteiger partial charge in [-0.25, -0.2) is 0 Å². The van der Waals surface area contributed by atoms with E-state index in [-0.39, 0.29) is 0 Å². The minimum atomic E-state index is 0.511. The van der Waals surface area contributed by atoms with Gasteiger partial charge in [0.1, 0.15) is 0 Å². The van der Waals surface area contributed by atoms with E-state index in [0.29, 0.717) is 18.8 Å². The van der Waals surface area contributed by atoms with Crippen molar-refractivity contribution in [2.45, 2.75) is 26.7 Å². The fourth-order valence-electron chi connectivity index (χ4n) is 0.930. The first kappa shape index (κ1) is 13.6. The van der Waals surface area contributed by atoms with Gasteiger partial charge in [-0.15, -0.1) is 0 Å². The summed E-state index contributed by atoms with van der Waals surface area (Å²) in [7, 11) is 5.09. The number of hydrogen-bond donors (Lipinski definition) is 0. The molecule has 0 spiro atoms. The summed E-state index contributed by atoms with van der Waals surface area (Å²) >= 11 is 0. The molecule has 0 atom stereocenters. The third kappa shape index (κ3) is 8.96. The second kappa shape index (κ2) is 9.21. The molecule has 0 aromatic rings. The Kier molecular flexibility index (Phi) is 8.38. The quantitative estimate of drug-likeness (QED) is 0.210. The van der Waals surface area contributed by atoms with Crippen LogP contribution in [0.2, 0.25) is 0 Å². The van der Waals surface area contributed by atoms with E-state index in [0.717, 1.165) is 6.42 Å². The molecule has 0 aliphatic carbocycles. The van der Waals surface area contributed by atoms with Gasteiger partial charge in [-0.2, -0.15) is 0 Å². The number of hydrogen-bond acceptors (Lipinski definition) is 1. The van der Waals surface area contributed by atoms with E-state index in [1.165, 1.54) is 5.57 Å². The first-order chi connectivity index (χ1) is 7.20. The van der Waals surface area contributed by atoms with Crippen molar-refractivity contribution < 1.29 is 4.74 Å². The van der Waals surface area contributed by atoms with Gasteiger partial charge in [0.05, 0.1) is 0 Å². The summed E-state index contributed by atoms with van der Waals surface area (Å²) in [5.41, 5.74) is 4.19. The molecule has 0 fully saturated rings. The van der Waals surface area contributed by atoms with Gasteiger partial charge in [-0.05, 0) is 0 Å². The van der Waals surface area contributed by atoms with Gasteiger partial charge in [0.2, 0.25) is 0 Å². The standard InChI is InChI=1S/C13H17BO/c1-4-7-12(2)8-5-9-13(3)15-11-6-10-14/h7-9H,3-4,6,11H2,1-2H3/b12-7-. The molecule has 0 saturated heterocycles. The molecule has 0 unspecified atom stereocenters. The molecule has 1 nitrogen and oxygen atoms in total. The topological polar surface area (TPSA) is 9.23 Å². The van der Waals surface area contributed by atoms with Crippen molar-refractivity contribution in [1.29, 1.82) is 0 Å². The second-order valence-corrected chi connectivity index (χ2v) is 3.08. The summed E-state index contributed by atoms with van der Waals surface area (Å²) in [6, 6.07) is 0. The third-order valence-corrected chi connectivity index (χ3v) is 1.62. The van der Waals surface area contributed by atoms with Gasteiger partial charge in [0.15, 0.2) is 0 Å². The molecule has 0 saturated carbocycles. The third-order valence-electron chi connectivity index (χ3n) is 1.62. The molecule has 0 aliphatic rings. The zero-order chi connectivity index (χ0) is 11.5. The molecule has 0 aromatic carbocycles. The van der Waals surface area contributed by atoms with Crippen molar-refractivity contribution >= 4 is 7.33 Å². The number of rotatable bonds is 6. The first-order valence-electron chi connectivity index (χ1n) is 5.05. The Bertz CT molecular complexity index is 325. The van der Waals surface area contributed by atoms with E-state index in [4.69, 9.17) is 12.1 Å². The van der Waals surface area contributed by atoms with Crippen LogP contribution < -0.4 is 0 Å². The second-order valence-electron chi connectivity index (χ2n) is 3.08. The van der Waals surface area contributed by atoms with E-state index < -0.39 is 0 Å². The molecule has 15 heavy (non-hydrogen) atoms. The van der Waals surface area contributed by atoms with E-state index in [1.54, 1.807) is 6.08 Å². The summed E-state index contributed by atoms with van der Waals surface area (Å²) in [6.45, 7) is 8.37. The van der Waals surface area contributed by atoms with Crippen LogP contribution in [0.3, 0.4) is 0 Å². The average Bonchev–Trinajstić information content (AvgIpc) is 2.18. The van der Waals surface area contributed by atoms with Crippen molar-refractivity contribution in [1.82, 2.24) is 0 Å². The van der Waals surface area contributed by atoms with E-state index in [1.807, 2.05) is 13.0 Å². The van der Waals surface area contributed by atoms with Crippen molar-refractivity contribution in [3.63, 3.8) is 0 Å². The molecule has 78 valence electrons. The van der Waals surface area contributed by atoms with Gasteiger partial charge in [0.25, 0.3) is 0 Å². The zero-order valence-corrected chi connectivity index (χ0v) is 9.55. The van der Waals surface area contributed by atoms with Crippen LogP contribution in [-0.4, -0.2) is 13.9 Å². The Labute approximate surface area is 93.6 Å². The van der Waals surface area contributed by atoms with Gasteiger partial charge in [0, 0.05) is 0 Å². The molecular weight excluding hydrogens is 183 g/mol. The van der Waals surface area contributed by atoms with Crippen LogP contribution in [0.4, 0.5) is 0 Å². The maximum absolute atomic E-state index is 5.23. The fourth-order valence-corrected chi connectivity index (χ4v) is 0.930. The molecule has 0 N–H and O–H groups in total. The summed E-state index contributed by atoms with van der Waals surface area (Å²) in [4.78, 5) is 0. The van der Waals surface area contributed by atoms with E-state index in [2.05, 4.69) is 31.1 Å². The summed E-state index contributed by atoms with van der Waals surface area (Å²) in [5.74, 6) is 3.09. The van der Waals surface area contributed by atoms with Crippen molar-refractivity contribution in [2.75, 3.05) is 6.61 Å². The van der Waals surface area contributed by atoms with Crippen LogP contribution in [0.25, 0.3) is 0 Å². The SMILES string of the molecule is B#CCCOC(=C)C=C=C/C(C)=C\CC. The average molecular weight is 200 g/mol. The normalized spacial score (nSPS) is 10.0. The predicted molar refractivity (Wildman–Crippen MR) is 66.1 cm³/mol. The van der Waals surface area contributed by atoms with Crippen LogP contribution in [0.1, 0.15) is 26.7 Å².